The molecule has 2 heterocycles. The van der Waals surface area contributed by atoms with Crippen molar-refractivity contribution in [3.63, 3.8) is 0 Å². The van der Waals surface area contributed by atoms with Gasteiger partial charge in [-0.2, -0.15) is 0 Å². The van der Waals surface area contributed by atoms with Crippen LogP contribution < -0.4 is 14.8 Å². The van der Waals surface area contributed by atoms with Gasteiger partial charge in [-0.1, -0.05) is 12.1 Å². The predicted molar refractivity (Wildman–Crippen MR) is 90.8 cm³/mol. The summed E-state index contributed by atoms with van der Waals surface area (Å²) in [7, 11) is 1.53. The normalized spacial score (nSPS) is 33.0. The molecule has 1 aromatic rings. The highest BCUT2D eigenvalue weighted by Crippen LogP contribution is 2.35. The first-order valence-corrected chi connectivity index (χ1v) is 8.53. The third-order valence-corrected chi connectivity index (χ3v) is 4.37. The minimum Gasteiger partial charge on any atom is -0.493 e. The molecular formula is C18H25NO7. The SMILES string of the molecule is COc1ccccc1O[C@@H]1O[C@@H]2COC(C)(C)O[C@@H]2[C@@H](O)[C@H]1NC(C)=O. The molecule has 1 amide bonds. The van der Waals surface area contributed by atoms with E-state index in [1.807, 2.05) is 6.07 Å². The van der Waals surface area contributed by atoms with Crippen LogP contribution in [-0.4, -0.2) is 61.2 Å². The van der Waals surface area contributed by atoms with E-state index in [0.29, 0.717) is 11.5 Å². The zero-order valence-electron chi connectivity index (χ0n) is 15.3. The van der Waals surface area contributed by atoms with E-state index in [2.05, 4.69) is 5.32 Å². The zero-order valence-corrected chi connectivity index (χ0v) is 15.3. The predicted octanol–water partition coefficient (Wildman–Crippen LogP) is 0.816. The lowest BCUT2D eigenvalue weighted by atomic mass is 9.95. The molecule has 0 spiro atoms. The number of amides is 1. The van der Waals surface area contributed by atoms with Crippen molar-refractivity contribution in [3.8, 4) is 11.5 Å². The lowest BCUT2D eigenvalue weighted by Gasteiger charge is -2.49. The van der Waals surface area contributed by atoms with Crippen LogP contribution in [0.1, 0.15) is 20.8 Å². The molecule has 1 aromatic carbocycles. The molecule has 2 aliphatic rings. The van der Waals surface area contributed by atoms with Gasteiger partial charge in [-0.25, -0.2) is 0 Å². The van der Waals surface area contributed by atoms with Crippen molar-refractivity contribution in [3.05, 3.63) is 24.3 Å². The summed E-state index contributed by atoms with van der Waals surface area (Å²) in [5, 5.41) is 13.5. The molecule has 0 aromatic heterocycles. The second-order valence-electron chi connectivity index (χ2n) is 6.82. The summed E-state index contributed by atoms with van der Waals surface area (Å²) in [6.07, 6.45) is -3.13. The van der Waals surface area contributed by atoms with E-state index in [9.17, 15) is 9.90 Å². The second-order valence-corrected chi connectivity index (χ2v) is 6.82. The standard InChI is InChI=1S/C18H25NO7/c1-10(20)19-14-15(21)16-13(9-23-18(2,3)26-16)25-17(14)24-12-8-6-5-7-11(12)22-4/h5-8,13-17,21H,9H2,1-4H3,(H,19,20)/t13-,14-,15+,16+,17-/m1/s1. The van der Waals surface area contributed by atoms with Gasteiger partial charge >= 0.3 is 0 Å². The van der Waals surface area contributed by atoms with Gasteiger partial charge in [-0.15, -0.1) is 0 Å². The molecule has 0 unspecified atom stereocenters. The molecule has 8 heteroatoms. The summed E-state index contributed by atoms with van der Waals surface area (Å²) in [5.74, 6) is -0.190. The van der Waals surface area contributed by atoms with Gasteiger partial charge in [0.2, 0.25) is 12.2 Å². The molecule has 2 N–H and O–H groups in total. The van der Waals surface area contributed by atoms with Gasteiger partial charge in [0.15, 0.2) is 17.3 Å². The van der Waals surface area contributed by atoms with Crippen molar-refractivity contribution in [1.29, 1.82) is 0 Å². The molecule has 3 rings (SSSR count). The summed E-state index contributed by atoms with van der Waals surface area (Å²) >= 11 is 0. The van der Waals surface area contributed by atoms with E-state index >= 15 is 0 Å². The van der Waals surface area contributed by atoms with E-state index in [1.165, 1.54) is 14.0 Å². The number of hydrogen-bond acceptors (Lipinski definition) is 7. The van der Waals surface area contributed by atoms with Crippen molar-refractivity contribution in [1.82, 2.24) is 5.32 Å². The minimum atomic E-state index is -1.03. The van der Waals surface area contributed by atoms with Crippen molar-refractivity contribution in [2.75, 3.05) is 13.7 Å². The number of nitrogens with one attached hydrogen (secondary N) is 1. The van der Waals surface area contributed by atoms with Crippen LogP contribution in [0.25, 0.3) is 0 Å². The molecule has 8 nitrogen and oxygen atoms in total. The fourth-order valence-electron chi connectivity index (χ4n) is 3.17. The summed E-state index contributed by atoms with van der Waals surface area (Å²) in [6.45, 7) is 5.14. The molecule has 2 fully saturated rings. The van der Waals surface area contributed by atoms with Crippen LogP contribution in [0.4, 0.5) is 0 Å². The van der Waals surface area contributed by atoms with Crippen LogP contribution in [0, 0.1) is 0 Å². The lowest BCUT2D eigenvalue weighted by molar-refractivity contribution is -0.361. The van der Waals surface area contributed by atoms with Crippen molar-refractivity contribution >= 4 is 5.91 Å². The van der Waals surface area contributed by atoms with Gasteiger partial charge in [0, 0.05) is 6.92 Å². The molecule has 5 atom stereocenters. The van der Waals surface area contributed by atoms with Gasteiger partial charge in [0.25, 0.3) is 0 Å². The largest absolute Gasteiger partial charge is 0.493 e. The van der Waals surface area contributed by atoms with E-state index in [0.717, 1.165) is 0 Å². The van der Waals surface area contributed by atoms with Gasteiger partial charge < -0.3 is 34.1 Å². The van der Waals surface area contributed by atoms with Crippen LogP contribution in [-0.2, 0) is 19.0 Å². The fourth-order valence-corrected chi connectivity index (χ4v) is 3.17. The number of benzene rings is 1. The number of hydrogen-bond donors (Lipinski definition) is 2. The summed E-state index contributed by atoms with van der Waals surface area (Å²) in [5.41, 5.74) is 0. The Morgan fingerprint density at radius 1 is 1.31 bits per heavy atom. The van der Waals surface area contributed by atoms with Gasteiger partial charge in [-0.3, -0.25) is 4.79 Å². The highest BCUT2D eigenvalue weighted by Gasteiger charge is 2.52. The second kappa shape index (κ2) is 7.40. The van der Waals surface area contributed by atoms with Gasteiger partial charge in [0.05, 0.1) is 13.7 Å². The van der Waals surface area contributed by atoms with Crippen LogP contribution in [0.5, 0.6) is 11.5 Å². The fraction of sp³-hybridized carbons (Fsp3) is 0.611. The summed E-state index contributed by atoms with van der Waals surface area (Å²) < 4.78 is 28.6. The number of fused-ring (bicyclic) bond motifs is 1. The van der Waals surface area contributed by atoms with Crippen LogP contribution in [0.15, 0.2) is 24.3 Å². The number of rotatable bonds is 4. The summed E-state index contributed by atoms with van der Waals surface area (Å²) in [4.78, 5) is 11.6. The number of aliphatic hydroxyl groups is 1. The average Bonchev–Trinajstić information content (AvgIpc) is 2.59. The highest BCUT2D eigenvalue weighted by atomic mass is 16.8. The molecule has 0 aliphatic carbocycles. The van der Waals surface area contributed by atoms with E-state index in [-0.39, 0.29) is 12.5 Å². The third-order valence-electron chi connectivity index (χ3n) is 4.37. The molecule has 0 saturated carbocycles. The van der Waals surface area contributed by atoms with Gasteiger partial charge in [-0.05, 0) is 26.0 Å². The Kier molecular flexibility index (Phi) is 5.38. The number of ether oxygens (including phenoxy) is 5. The molecule has 2 saturated heterocycles. The van der Waals surface area contributed by atoms with Crippen molar-refractivity contribution in [2.24, 2.45) is 0 Å². The van der Waals surface area contributed by atoms with Gasteiger partial charge in [0.1, 0.15) is 24.4 Å². The number of para-hydroxylation sites is 2. The molecular weight excluding hydrogens is 342 g/mol. The van der Waals surface area contributed by atoms with Crippen LogP contribution in [0.3, 0.4) is 0 Å². The Hall–Kier alpha value is -1.87. The number of carbonyl (C=O) groups is 1. The lowest BCUT2D eigenvalue weighted by Crippen LogP contribution is -2.69. The van der Waals surface area contributed by atoms with E-state index < -0.39 is 36.4 Å². The highest BCUT2D eigenvalue weighted by molar-refractivity contribution is 5.73. The smallest absolute Gasteiger partial charge is 0.223 e. The molecule has 0 bridgehead atoms. The number of aliphatic hydroxyl groups excluding tert-OH is 1. The first-order chi connectivity index (χ1) is 12.3. The van der Waals surface area contributed by atoms with Crippen LogP contribution >= 0.6 is 0 Å². The maximum absolute atomic E-state index is 11.6. The molecule has 0 radical (unpaired) electrons. The Balaban J connectivity index is 1.84. The van der Waals surface area contributed by atoms with E-state index in [1.54, 1.807) is 32.0 Å². The van der Waals surface area contributed by atoms with E-state index in [4.69, 9.17) is 23.7 Å². The summed E-state index contributed by atoms with van der Waals surface area (Å²) in [6, 6.07) is 6.27. The topological polar surface area (TPSA) is 95.5 Å². The molecule has 2 aliphatic heterocycles. The third kappa shape index (κ3) is 3.93. The number of carbonyl (C=O) groups excluding carboxylic acids is 1. The Morgan fingerprint density at radius 3 is 2.65 bits per heavy atom. The monoisotopic (exact) mass is 367 g/mol. The Bertz CT molecular complexity index is 650. The average molecular weight is 367 g/mol. The maximum atomic E-state index is 11.6. The molecule has 26 heavy (non-hydrogen) atoms. The Morgan fingerprint density at radius 2 is 2.00 bits per heavy atom. The first-order valence-electron chi connectivity index (χ1n) is 8.53. The quantitative estimate of drug-likeness (QED) is 0.813. The molecule has 144 valence electrons. The minimum absolute atomic E-state index is 0.243. The van der Waals surface area contributed by atoms with Crippen molar-refractivity contribution in [2.45, 2.75) is 57.2 Å². The van der Waals surface area contributed by atoms with Crippen LogP contribution in [0.2, 0.25) is 0 Å². The van der Waals surface area contributed by atoms with Crippen molar-refractivity contribution < 1.29 is 33.6 Å². The number of methoxy groups -OCH3 is 1. The zero-order chi connectivity index (χ0) is 18.9. The maximum Gasteiger partial charge on any atom is 0.223 e. The first kappa shape index (κ1) is 18.9. The Labute approximate surface area is 152 Å².